The molecule has 0 bridgehead atoms. The Hall–Kier alpha value is -0.930. The van der Waals surface area contributed by atoms with Gasteiger partial charge < -0.3 is 5.73 Å². The second-order valence-electron chi connectivity index (χ2n) is 4.28. The molecule has 0 aromatic rings. The van der Waals surface area contributed by atoms with E-state index < -0.39 is 5.54 Å². The Kier molecular flexibility index (Phi) is 4.72. The van der Waals surface area contributed by atoms with E-state index in [4.69, 9.17) is 5.73 Å². The molecule has 86 valence electrons. The number of rotatable bonds is 5. The van der Waals surface area contributed by atoms with Crippen LogP contribution in [0.15, 0.2) is 10.2 Å². The van der Waals surface area contributed by atoms with Crippen LogP contribution in [-0.4, -0.2) is 18.0 Å². The lowest BCUT2D eigenvalue weighted by molar-refractivity contribution is -0.124. The predicted octanol–water partition coefficient (Wildman–Crippen LogP) is 2.43. The van der Waals surface area contributed by atoms with Crippen LogP contribution in [0.25, 0.3) is 0 Å². The molecule has 1 amide bonds. The van der Waals surface area contributed by atoms with Crippen LogP contribution in [0, 0.1) is 0 Å². The maximum Gasteiger partial charge on any atom is 0.247 e. The number of carbonyl (C=O) groups excluding carboxylic acids is 1. The molecule has 0 spiro atoms. The number of hydrogen-bond acceptors (Lipinski definition) is 3. The second-order valence-corrected chi connectivity index (χ2v) is 4.28. The van der Waals surface area contributed by atoms with E-state index in [1.165, 1.54) is 6.42 Å². The molecule has 1 saturated carbocycles. The van der Waals surface area contributed by atoms with Gasteiger partial charge in [-0.1, -0.05) is 32.6 Å². The minimum Gasteiger partial charge on any atom is -0.368 e. The second kappa shape index (κ2) is 5.83. The van der Waals surface area contributed by atoms with Crippen LogP contribution < -0.4 is 5.73 Å². The van der Waals surface area contributed by atoms with E-state index in [2.05, 4.69) is 17.2 Å². The highest BCUT2D eigenvalue weighted by Gasteiger charge is 2.38. The van der Waals surface area contributed by atoms with Crippen molar-refractivity contribution in [2.24, 2.45) is 16.0 Å². The van der Waals surface area contributed by atoms with Gasteiger partial charge in [-0.25, -0.2) is 0 Å². The first-order chi connectivity index (χ1) is 7.21. The highest BCUT2D eigenvalue weighted by Crippen LogP contribution is 2.31. The molecule has 0 aromatic carbocycles. The van der Waals surface area contributed by atoms with Gasteiger partial charge >= 0.3 is 0 Å². The number of unbranched alkanes of at least 4 members (excludes halogenated alkanes) is 1. The van der Waals surface area contributed by atoms with Crippen molar-refractivity contribution in [2.75, 3.05) is 6.54 Å². The first-order valence-electron chi connectivity index (χ1n) is 5.90. The molecule has 4 nitrogen and oxygen atoms in total. The number of azo groups is 1. The average molecular weight is 211 g/mol. The molecule has 0 saturated heterocycles. The highest BCUT2D eigenvalue weighted by molar-refractivity contribution is 5.84. The summed E-state index contributed by atoms with van der Waals surface area (Å²) in [5.41, 5.74) is 4.75. The predicted molar refractivity (Wildman–Crippen MR) is 59.6 cm³/mol. The zero-order chi connectivity index (χ0) is 11.1. The largest absolute Gasteiger partial charge is 0.368 e. The van der Waals surface area contributed by atoms with Gasteiger partial charge in [0.25, 0.3) is 0 Å². The molecule has 1 aliphatic rings. The molecule has 0 atom stereocenters. The van der Waals surface area contributed by atoms with Crippen molar-refractivity contribution in [1.82, 2.24) is 0 Å². The van der Waals surface area contributed by atoms with Gasteiger partial charge in [-0.3, -0.25) is 4.79 Å². The molecule has 1 aliphatic carbocycles. The Bertz CT molecular complexity index is 232. The quantitative estimate of drug-likeness (QED) is 0.550. The van der Waals surface area contributed by atoms with Gasteiger partial charge in [0.15, 0.2) is 5.54 Å². The maximum atomic E-state index is 11.4. The molecule has 15 heavy (non-hydrogen) atoms. The summed E-state index contributed by atoms with van der Waals surface area (Å²) in [5.74, 6) is -0.303. The minimum atomic E-state index is -0.675. The van der Waals surface area contributed by atoms with Gasteiger partial charge in [0, 0.05) is 0 Å². The van der Waals surface area contributed by atoms with Crippen molar-refractivity contribution in [3.63, 3.8) is 0 Å². The van der Waals surface area contributed by atoms with Gasteiger partial charge in [0.2, 0.25) is 5.91 Å². The fourth-order valence-electron chi connectivity index (χ4n) is 1.95. The summed E-state index contributed by atoms with van der Waals surface area (Å²) in [4.78, 5) is 11.4. The Morgan fingerprint density at radius 1 is 1.33 bits per heavy atom. The summed E-state index contributed by atoms with van der Waals surface area (Å²) in [6.45, 7) is 2.82. The third kappa shape index (κ3) is 3.29. The van der Waals surface area contributed by atoms with Gasteiger partial charge in [-0.05, 0) is 19.3 Å². The summed E-state index contributed by atoms with van der Waals surface area (Å²) in [7, 11) is 0. The van der Waals surface area contributed by atoms with Crippen molar-refractivity contribution < 1.29 is 4.79 Å². The normalized spacial score (nSPS) is 20.6. The third-order valence-electron chi connectivity index (χ3n) is 3.01. The smallest absolute Gasteiger partial charge is 0.247 e. The monoisotopic (exact) mass is 211 g/mol. The van der Waals surface area contributed by atoms with Crippen LogP contribution in [-0.2, 0) is 4.79 Å². The Morgan fingerprint density at radius 2 is 2.00 bits per heavy atom. The van der Waals surface area contributed by atoms with Crippen molar-refractivity contribution in [2.45, 2.75) is 57.4 Å². The molecule has 1 rings (SSSR count). The van der Waals surface area contributed by atoms with Crippen molar-refractivity contribution >= 4 is 5.91 Å². The number of carbonyl (C=O) groups is 1. The van der Waals surface area contributed by atoms with Crippen LogP contribution in [0.4, 0.5) is 0 Å². The zero-order valence-electron chi connectivity index (χ0n) is 9.54. The molecule has 0 heterocycles. The van der Waals surface area contributed by atoms with Crippen LogP contribution in [0.2, 0.25) is 0 Å². The summed E-state index contributed by atoms with van der Waals surface area (Å²) < 4.78 is 0. The number of nitrogens with zero attached hydrogens (tertiary/aromatic N) is 2. The first kappa shape index (κ1) is 12.1. The number of nitrogens with two attached hydrogens (primary N) is 1. The first-order valence-corrected chi connectivity index (χ1v) is 5.90. The van der Waals surface area contributed by atoms with E-state index in [1.807, 2.05) is 0 Å². The number of hydrogen-bond donors (Lipinski definition) is 1. The lowest BCUT2D eigenvalue weighted by Crippen LogP contribution is -2.43. The Morgan fingerprint density at radius 3 is 2.53 bits per heavy atom. The van der Waals surface area contributed by atoms with E-state index in [9.17, 15) is 4.79 Å². The molecular weight excluding hydrogens is 190 g/mol. The minimum absolute atomic E-state index is 0.303. The van der Waals surface area contributed by atoms with E-state index >= 15 is 0 Å². The van der Waals surface area contributed by atoms with Crippen LogP contribution >= 0.6 is 0 Å². The van der Waals surface area contributed by atoms with E-state index in [1.54, 1.807) is 0 Å². The van der Waals surface area contributed by atoms with Crippen LogP contribution in [0.3, 0.4) is 0 Å². The molecule has 4 heteroatoms. The molecule has 0 aliphatic heterocycles. The molecule has 2 N–H and O–H groups in total. The zero-order valence-corrected chi connectivity index (χ0v) is 9.54. The van der Waals surface area contributed by atoms with Crippen molar-refractivity contribution in [3.8, 4) is 0 Å². The van der Waals surface area contributed by atoms with Gasteiger partial charge in [-0.15, -0.1) is 0 Å². The van der Waals surface area contributed by atoms with Gasteiger partial charge in [-0.2, -0.15) is 10.2 Å². The maximum absolute atomic E-state index is 11.4. The Labute approximate surface area is 91.3 Å². The topological polar surface area (TPSA) is 67.8 Å². The number of primary amides is 1. The fourth-order valence-corrected chi connectivity index (χ4v) is 1.95. The summed E-state index contributed by atoms with van der Waals surface area (Å²) in [5, 5.41) is 8.30. The van der Waals surface area contributed by atoms with Crippen LogP contribution in [0.1, 0.15) is 51.9 Å². The average Bonchev–Trinajstić information content (AvgIpc) is 2.26. The van der Waals surface area contributed by atoms with Gasteiger partial charge in [0.1, 0.15) is 0 Å². The van der Waals surface area contributed by atoms with E-state index in [0.29, 0.717) is 6.54 Å². The molecule has 0 aromatic heterocycles. The van der Waals surface area contributed by atoms with Crippen LogP contribution in [0.5, 0.6) is 0 Å². The highest BCUT2D eigenvalue weighted by atomic mass is 16.1. The van der Waals surface area contributed by atoms with Gasteiger partial charge in [0.05, 0.1) is 6.54 Å². The summed E-state index contributed by atoms with van der Waals surface area (Å²) in [6.07, 6.45) is 6.93. The standard InChI is InChI=1S/C11H21N3O/c1-2-3-9-13-14-11(10(12)15)7-5-4-6-8-11/h2-9H2,1H3,(H2,12,15). The third-order valence-corrected chi connectivity index (χ3v) is 3.01. The SMILES string of the molecule is CCCCN=NC1(C(N)=O)CCCCC1. The van der Waals surface area contributed by atoms with Crippen molar-refractivity contribution in [3.05, 3.63) is 0 Å². The van der Waals surface area contributed by atoms with E-state index in [0.717, 1.165) is 38.5 Å². The molecule has 0 unspecified atom stereocenters. The summed E-state index contributed by atoms with van der Waals surface area (Å²) >= 11 is 0. The molecule has 1 fully saturated rings. The lowest BCUT2D eigenvalue weighted by atomic mass is 9.82. The molecule has 0 radical (unpaired) electrons. The lowest BCUT2D eigenvalue weighted by Gasteiger charge is -2.28. The van der Waals surface area contributed by atoms with E-state index in [-0.39, 0.29) is 5.91 Å². The Balaban J connectivity index is 2.56. The summed E-state index contributed by atoms with van der Waals surface area (Å²) in [6, 6.07) is 0. The number of amides is 1. The van der Waals surface area contributed by atoms with Crippen molar-refractivity contribution in [1.29, 1.82) is 0 Å². The fraction of sp³-hybridized carbons (Fsp3) is 0.909. The molecular formula is C11H21N3O.